The number of nitrogens with two attached hydrogens (primary N) is 2. The molecule has 0 fully saturated rings. The molecule has 1 heterocycles. The molecule has 150 valence electrons. The van der Waals surface area contributed by atoms with Gasteiger partial charge in [-0.05, 0) is 23.8 Å². The van der Waals surface area contributed by atoms with Crippen LogP contribution in [-0.4, -0.2) is 38.2 Å². The molecule has 0 bridgehead atoms. The number of nitrogens with zero attached hydrogens (tertiary/aromatic N) is 2. The van der Waals surface area contributed by atoms with E-state index in [2.05, 4.69) is 4.99 Å². The van der Waals surface area contributed by atoms with Crippen LogP contribution in [0.5, 0.6) is 5.75 Å². The van der Waals surface area contributed by atoms with Gasteiger partial charge in [-0.3, -0.25) is 0 Å². The average molecular weight is 394 g/mol. The molecule has 0 aromatic heterocycles. The van der Waals surface area contributed by atoms with E-state index in [0.717, 1.165) is 6.07 Å². The lowest BCUT2D eigenvalue weighted by molar-refractivity contribution is -0.137. The molecule has 6 nitrogen and oxygen atoms in total. The van der Waals surface area contributed by atoms with E-state index in [-0.39, 0.29) is 30.5 Å². The third kappa shape index (κ3) is 3.76. The van der Waals surface area contributed by atoms with Crippen LogP contribution in [0.3, 0.4) is 0 Å². The number of alkyl halides is 3. The molecule has 4 N–H and O–H groups in total. The number of fused-ring (bicyclic) bond motifs is 1. The zero-order valence-corrected chi connectivity index (χ0v) is 15.5. The first-order chi connectivity index (χ1) is 13.2. The summed E-state index contributed by atoms with van der Waals surface area (Å²) in [6.45, 7) is 0.373. The molecule has 28 heavy (non-hydrogen) atoms. The average Bonchev–Trinajstić information content (AvgIpc) is 2.65. The van der Waals surface area contributed by atoms with Gasteiger partial charge in [-0.2, -0.15) is 13.2 Å². The van der Waals surface area contributed by atoms with Crippen LogP contribution in [-0.2, 0) is 10.9 Å². The van der Waals surface area contributed by atoms with Crippen LogP contribution in [0.4, 0.5) is 18.9 Å². The zero-order valence-electron chi connectivity index (χ0n) is 15.5. The first kappa shape index (κ1) is 20.0. The van der Waals surface area contributed by atoms with Crippen LogP contribution < -0.4 is 16.2 Å². The molecule has 9 heteroatoms. The maximum atomic E-state index is 13.7. The van der Waals surface area contributed by atoms with Gasteiger partial charge in [0.25, 0.3) is 0 Å². The molecule has 0 amide bonds. The molecule has 1 unspecified atom stereocenters. The van der Waals surface area contributed by atoms with Crippen molar-refractivity contribution in [3.05, 3.63) is 47.5 Å². The van der Waals surface area contributed by atoms with E-state index >= 15 is 0 Å². The largest absolute Gasteiger partial charge is 0.491 e. The van der Waals surface area contributed by atoms with Gasteiger partial charge in [0.05, 0.1) is 17.9 Å². The molecule has 0 saturated heterocycles. The standard InChI is InChI=1S/C19H21F3N4O2/c1-26-17(23)12-7-6-11(10-14(12)25-18(26)24)16-13(19(20,21)22)4-3-5-15(16)28-9-8-27-2/h3-7,10,17H,8-9,23H2,1-2H3,(H2,24,25). The van der Waals surface area contributed by atoms with Gasteiger partial charge >= 0.3 is 6.18 Å². The molecule has 1 atom stereocenters. The summed E-state index contributed by atoms with van der Waals surface area (Å²) in [4.78, 5) is 5.85. The fourth-order valence-electron chi connectivity index (χ4n) is 3.02. The van der Waals surface area contributed by atoms with Crippen molar-refractivity contribution in [1.29, 1.82) is 0 Å². The number of hydrogen-bond donors (Lipinski definition) is 2. The number of hydrogen-bond acceptors (Lipinski definition) is 6. The maximum Gasteiger partial charge on any atom is 0.417 e. The second-order valence-corrected chi connectivity index (χ2v) is 6.32. The van der Waals surface area contributed by atoms with Gasteiger partial charge in [0, 0.05) is 25.3 Å². The topological polar surface area (TPSA) is 86.1 Å². The highest BCUT2D eigenvalue weighted by Crippen LogP contribution is 2.44. The van der Waals surface area contributed by atoms with Gasteiger partial charge in [0.2, 0.25) is 0 Å². The predicted molar refractivity (Wildman–Crippen MR) is 100 cm³/mol. The van der Waals surface area contributed by atoms with Crippen molar-refractivity contribution < 1.29 is 22.6 Å². The van der Waals surface area contributed by atoms with Crippen molar-refractivity contribution in [3.8, 4) is 16.9 Å². The third-order valence-electron chi connectivity index (χ3n) is 4.53. The molecule has 0 spiro atoms. The van der Waals surface area contributed by atoms with Crippen molar-refractivity contribution in [2.45, 2.75) is 12.3 Å². The van der Waals surface area contributed by atoms with Crippen LogP contribution in [0.25, 0.3) is 11.1 Å². The van der Waals surface area contributed by atoms with E-state index in [1.165, 1.54) is 19.2 Å². The zero-order chi connectivity index (χ0) is 20.5. The summed E-state index contributed by atoms with van der Waals surface area (Å²) in [6, 6.07) is 8.62. The summed E-state index contributed by atoms with van der Waals surface area (Å²) < 4.78 is 51.5. The molecule has 1 aliphatic rings. The van der Waals surface area contributed by atoms with Crippen molar-refractivity contribution >= 4 is 11.6 Å². The Bertz CT molecular complexity index is 899. The molecule has 0 radical (unpaired) electrons. The summed E-state index contributed by atoms with van der Waals surface area (Å²) in [7, 11) is 3.18. The fourth-order valence-corrected chi connectivity index (χ4v) is 3.02. The lowest BCUT2D eigenvalue weighted by Gasteiger charge is -2.31. The van der Waals surface area contributed by atoms with Gasteiger partial charge in [0.15, 0.2) is 5.96 Å². The predicted octanol–water partition coefficient (Wildman–Crippen LogP) is 3.25. The number of benzene rings is 2. The Morgan fingerprint density at radius 2 is 1.93 bits per heavy atom. The van der Waals surface area contributed by atoms with Gasteiger partial charge in [-0.1, -0.05) is 18.2 Å². The van der Waals surface area contributed by atoms with Crippen molar-refractivity contribution in [2.24, 2.45) is 16.5 Å². The van der Waals surface area contributed by atoms with E-state index < -0.39 is 17.9 Å². The maximum absolute atomic E-state index is 13.7. The fraction of sp³-hybridized carbons (Fsp3) is 0.316. The van der Waals surface area contributed by atoms with E-state index in [1.54, 1.807) is 30.1 Å². The molecule has 0 aliphatic carbocycles. The number of halogens is 3. The minimum atomic E-state index is -4.55. The van der Waals surface area contributed by atoms with Crippen LogP contribution in [0.15, 0.2) is 41.4 Å². The lowest BCUT2D eigenvalue weighted by atomic mass is 9.95. The number of methoxy groups -OCH3 is 1. The molecule has 1 aliphatic heterocycles. The van der Waals surface area contributed by atoms with Crippen LogP contribution in [0.2, 0.25) is 0 Å². The van der Waals surface area contributed by atoms with Gasteiger partial charge in [-0.15, -0.1) is 0 Å². The summed E-state index contributed by atoms with van der Waals surface area (Å²) in [5.74, 6) is 0.304. The van der Waals surface area contributed by atoms with Crippen LogP contribution in [0, 0.1) is 0 Å². The lowest BCUT2D eigenvalue weighted by Crippen LogP contribution is -2.42. The highest BCUT2D eigenvalue weighted by atomic mass is 19.4. The molecular weight excluding hydrogens is 373 g/mol. The second kappa shape index (κ2) is 7.69. The quantitative estimate of drug-likeness (QED) is 0.761. The number of aliphatic imine (C=N–C) groups is 1. The minimum absolute atomic E-state index is 0.0600. The number of rotatable bonds is 5. The normalized spacial score (nSPS) is 16.6. The summed E-state index contributed by atoms with van der Waals surface area (Å²) >= 11 is 0. The highest BCUT2D eigenvalue weighted by molar-refractivity contribution is 5.86. The minimum Gasteiger partial charge on any atom is -0.491 e. The van der Waals surface area contributed by atoms with Crippen molar-refractivity contribution in [2.75, 3.05) is 27.4 Å². The Balaban J connectivity index is 2.14. The Kier molecular flexibility index (Phi) is 5.48. The van der Waals surface area contributed by atoms with E-state index in [1.807, 2.05) is 0 Å². The Morgan fingerprint density at radius 1 is 1.18 bits per heavy atom. The van der Waals surface area contributed by atoms with E-state index in [0.29, 0.717) is 16.8 Å². The van der Waals surface area contributed by atoms with E-state index in [9.17, 15) is 13.2 Å². The number of guanidine groups is 1. The van der Waals surface area contributed by atoms with Crippen molar-refractivity contribution in [1.82, 2.24) is 4.90 Å². The first-order valence-corrected chi connectivity index (χ1v) is 8.53. The Labute approximate surface area is 160 Å². The van der Waals surface area contributed by atoms with Crippen LogP contribution in [0.1, 0.15) is 17.3 Å². The SMILES string of the molecule is COCCOc1cccc(C(F)(F)F)c1-c1ccc2c(c1)N=C(N)N(C)C2N. The summed E-state index contributed by atoms with van der Waals surface area (Å²) in [5, 5.41) is 0. The monoisotopic (exact) mass is 394 g/mol. The molecular formula is C19H21F3N4O2. The van der Waals surface area contributed by atoms with Gasteiger partial charge < -0.3 is 25.8 Å². The molecule has 0 saturated carbocycles. The second-order valence-electron chi connectivity index (χ2n) is 6.32. The Morgan fingerprint density at radius 3 is 2.61 bits per heavy atom. The van der Waals surface area contributed by atoms with Gasteiger partial charge in [0.1, 0.15) is 18.5 Å². The molecule has 2 aromatic rings. The summed E-state index contributed by atoms with van der Waals surface area (Å²) in [5.41, 5.74) is 12.5. The first-order valence-electron chi connectivity index (χ1n) is 8.53. The third-order valence-corrected chi connectivity index (χ3v) is 4.53. The highest BCUT2D eigenvalue weighted by Gasteiger charge is 2.35. The van der Waals surface area contributed by atoms with Crippen molar-refractivity contribution in [3.63, 3.8) is 0 Å². The molecule has 2 aromatic carbocycles. The van der Waals surface area contributed by atoms with Crippen LogP contribution >= 0.6 is 0 Å². The van der Waals surface area contributed by atoms with Gasteiger partial charge in [-0.25, -0.2) is 4.99 Å². The smallest absolute Gasteiger partial charge is 0.417 e. The van der Waals surface area contributed by atoms with E-state index in [4.69, 9.17) is 20.9 Å². The number of ether oxygens (including phenoxy) is 2. The summed E-state index contributed by atoms with van der Waals surface area (Å²) in [6.07, 6.45) is -5.08. The Hall–Kier alpha value is -2.78. The molecule has 3 rings (SSSR count).